The van der Waals surface area contributed by atoms with Gasteiger partial charge in [0.2, 0.25) is 11.9 Å². The molecule has 0 bridgehead atoms. The SMILES string of the molecule is C=CC(=O)Nc1ccccc1Nc1nc(N[C@@H]2CCN(C(=O)O)C2)ncc1C(F)(F)F. The van der Waals surface area contributed by atoms with Crippen LogP contribution >= 0.6 is 0 Å². The summed E-state index contributed by atoms with van der Waals surface area (Å²) in [6, 6.07) is 5.85. The smallest absolute Gasteiger partial charge is 0.421 e. The lowest BCUT2D eigenvalue weighted by Gasteiger charge is -2.18. The number of hydrogen-bond acceptors (Lipinski definition) is 6. The zero-order valence-electron chi connectivity index (χ0n) is 16.1. The minimum atomic E-state index is -4.73. The highest BCUT2D eigenvalue weighted by Gasteiger charge is 2.36. The lowest BCUT2D eigenvalue weighted by molar-refractivity contribution is -0.137. The zero-order valence-corrected chi connectivity index (χ0v) is 16.1. The van der Waals surface area contributed by atoms with Gasteiger partial charge in [0.1, 0.15) is 11.4 Å². The molecule has 3 rings (SSSR count). The van der Waals surface area contributed by atoms with Crippen molar-refractivity contribution in [2.75, 3.05) is 29.0 Å². The minimum absolute atomic E-state index is 0.0830. The quantitative estimate of drug-likeness (QED) is 0.512. The molecule has 0 saturated carbocycles. The van der Waals surface area contributed by atoms with Gasteiger partial charge >= 0.3 is 12.3 Å². The molecule has 1 aliphatic rings. The third kappa shape index (κ3) is 5.41. The maximum absolute atomic E-state index is 13.5. The first-order valence-electron chi connectivity index (χ1n) is 9.15. The molecule has 0 spiro atoms. The molecule has 164 valence electrons. The second kappa shape index (κ2) is 8.90. The Hall–Kier alpha value is -3.83. The summed E-state index contributed by atoms with van der Waals surface area (Å²) >= 11 is 0. The molecule has 1 atom stereocenters. The molecule has 2 heterocycles. The van der Waals surface area contributed by atoms with E-state index in [0.717, 1.165) is 6.08 Å². The molecular formula is C19H19F3N6O3. The van der Waals surface area contributed by atoms with Gasteiger partial charge in [-0.25, -0.2) is 9.78 Å². The monoisotopic (exact) mass is 436 g/mol. The number of para-hydroxylation sites is 2. The van der Waals surface area contributed by atoms with Gasteiger partial charge in [-0.15, -0.1) is 0 Å². The van der Waals surface area contributed by atoms with E-state index in [1.165, 1.54) is 17.0 Å². The van der Waals surface area contributed by atoms with E-state index in [4.69, 9.17) is 5.11 Å². The molecule has 2 aromatic rings. The maximum Gasteiger partial charge on any atom is 0.421 e. The first kappa shape index (κ1) is 21.9. The van der Waals surface area contributed by atoms with Gasteiger partial charge in [-0.3, -0.25) is 4.79 Å². The maximum atomic E-state index is 13.5. The summed E-state index contributed by atoms with van der Waals surface area (Å²) in [5.74, 6) is -1.13. The van der Waals surface area contributed by atoms with Crippen LogP contribution in [0.3, 0.4) is 0 Å². The number of carboxylic acid groups (broad SMARTS) is 1. The standard InChI is InChI=1S/C19H19F3N6O3/c1-2-15(29)25-13-5-3-4-6-14(13)26-16-12(19(20,21)22)9-23-17(27-16)24-11-7-8-28(10-11)18(30)31/h2-6,9,11H,1,7-8,10H2,(H,25,29)(H,30,31)(H2,23,24,26,27)/t11-/m1/s1. The lowest BCUT2D eigenvalue weighted by atomic mass is 10.2. The number of nitrogens with one attached hydrogen (secondary N) is 3. The van der Waals surface area contributed by atoms with Crippen molar-refractivity contribution in [2.45, 2.75) is 18.6 Å². The van der Waals surface area contributed by atoms with E-state index in [9.17, 15) is 22.8 Å². The Bertz CT molecular complexity index is 998. The lowest BCUT2D eigenvalue weighted by Crippen LogP contribution is -2.30. The molecule has 12 heteroatoms. The molecule has 0 aliphatic carbocycles. The van der Waals surface area contributed by atoms with Gasteiger partial charge < -0.3 is 26.0 Å². The first-order chi connectivity index (χ1) is 14.7. The number of alkyl halides is 3. The second-order valence-electron chi connectivity index (χ2n) is 6.68. The Morgan fingerprint density at radius 1 is 1.26 bits per heavy atom. The largest absolute Gasteiger partial charge is 0.465 e. The highest BCUT2D eigenvalue weighted by Crippen LogP contribution is 2.36. The molecule has 1 aliphatic heterocycles. The molecular weight excluding hydrogens is 417 g/mol. The Balaban J connectivity index is 1.88. The number of halogens is 3. The van der Waals surface area contributed by atoms with Gasteiger partial charge in [0.15, 0.2) is 0 Å². The molecule has 31 heavy (non-hydrogen) atoms. The number of rotatable bonds is 6. The van der Waals surface area contributed by atoms with E-state index in [1.54, 1.807) is 12.1 Å². The fraction of sp³-hybridized carbons (Fsp3) is 0.263. The molecule has 1 saturated heterocycles. The Morgan fingerprint density at radius 3 is 2.58 bits per heavy atom. The summed E-state index contributed by atoms with van der Waals surface area (Å²) in [5, 5.41) is 17.0. The number of hydrogen-bond donors (Lipinski definition) is 4. The van der Waals surface area contributed by atoms with E-state index < -0.39 is 29.6 Å². The van der Waals surface area contributed by atoms with Crippen molar-refractivity contribution in [3.05, 3.63) is 48.7 Å². The Kier molecular flexibility index (Phi) is 6.28. The van der Waals surface area contributed by atoms with Gasteiger partial charge in [-0.2, -0.15) is 18.2 Å². The number of anilines is 4. The van der Waals surface area contributed by atoms with Crippen LogP contribution in [0.5, 0.6) is 0 Å². The van der Waals surface area contributed by atoms with Crippen molar-refractivity contribution in [2.24, 2.45) is 0 Å². The van der Waals surface area contributed by atoms with Crippen LogP contribution in [0.4, 0.5) is 41.1 Å². The Labute approximate surface area is 175 Å². The van der Waals surface area contributed by atoms with Crippen LogP contribution in [0.15, 0.2) is 43.1 Å². The average molecular weight is 436 g/mol. The summed E-state index contributed by atoms with van der Waals surface area (Å²) < 4.78 is 40.5. The van der Waals surface area contributed by atoms with E-state index in [-0.39, 0.29) is 29.9 Å². The third-order valence-corrected chi connectivity index (χ3v) is 4.51. The highest BCUT2D eigenvalue weighted by molar-refractivity contribution is 6.01. The van der Waals surface area contributed by atoms with Crippen molar-refractivity contribution in [1.29, 1.82) is 0 Å². The summed E-state index contributed by atoms with van der Waals surface area (Å²) in [5.41, 5.74) is -0.672. The van der Waals surface area contributed by atoms with E-state index in [2.05, 4.69) is 32.5 Å². The molecule has 9 nitrogen and oxygen atoms in total. The van der Waals surface area contributed by atoms with Crippen molar-refractivity contribution >= 4 is 35.1 Å². The van der Waals surface area contributed by atoms with Gasteiger partial charge in [0, 0.05) is 25.3 Å². The summed E-state index contributed by atoms with van der Waals surface area (Å²) in [7, 11) is 0. The normalized spacial score (nSPS) is 16.0. The molecule has 2 amide bonds. The molecule has 1 fully saturated rings. The number of carbonyl (C=O) groups is 2. The molecule has 0 radical (unpaired) electrons. The zero-order chi connectivity index (χ0) is 22.6. The van der Waals surface area contributed by atoms with Gasteiger partial charge in [-0.05, 0) is 24.6 Å². The molecule has 0 unspecified atom stereocenters. The predicted octanol–water partition coefficient (Wildman–Crippen LogP) is 3.53. The van der Waals surface area contributed by atoms with Gasteiger partial charge in [0.25, 0.3) is 0 Å². The number of aromatic nitrogens is 2. The van der Waals surface area contributed by atoms with Gasteiger partial charge in [0.05, 0.1) is 11.4 Å². The number of likely N-dealkylation sites (tertiary alicyclic amines) is 1. The first-order valence-corrected chi connectivity index (χ1v) is 9.15. The van der Waals surface area contributed by atoms with Crippen LogP contribution in [-0.4, -0.2) is 51.1 Å². The van der Waals surface area contributed by atoms with Gasteiger partial charge in [-0.1, -0.05) is 18.7 Å². The number of carbonyl (C=O) groups excluding carboxylic acids is 1. The van der Waals surface area contributed by atoms with Crippen LogP contribution in [0.1, 0.15) is 12.0 Å². The highest BCUT2D eigenvalue weighted by atomic mass is 19.4. The van der Waals surface area contributed by atoms with Crippen molar-refractivity contribution in [3.8, 4) is 0 Å². The van der Waals surface area contributed by atoms with E-state index in [0.29, 0.717) is 19.2 Å². The third-order valence-electron chi connectivity index (χ3n) is 4.51. The van der Waals surface area contributed by atoms with Crippen LogP contribution < -0.4 is 16.0 Å². The summed E-state index contributed by atoms with van der Waals surface area (Å²) in [4.78, 5) is 31.5. The second-order valence-corrected chi connectivity index (χ2v) is 6.68. The van der Waals surface area contributed by atoms with Crippen molar-refractivity contribution < 1.29 is 27.9 Å². The summed E-state index contributed by atoms with van der Waals surface area (Å²) in [6.45, 7) is 3.81. The van der Waals surface area contributed by atoms with Crippen LogP contribution in [-0.2, 0) is 11.0 Å². The van der Waals surface area contributed by atoms with E-state index in [1.807, 2.05) is 0 Å². The van der Waals surface area contributed by atoms with Crippen molar-refractivity contribution in [1.82, 2.24) is 14.9 Å². The topological polar surface area (TPSA) is 119 Å². The molecule has 1 aromatic heterocycles. The molecule has 1 aromatic carbocycles. The van der Waals surface area contributed by atoms with Crippen LogP contribution in [0, 0.1) is 0 Å². The average Bonchev–Trinajstić information content (AvgIpc) is 3.17. The number of benzene rings is 1. The predicted molar refractivity (Wildman–Crippen MR) is 107 cm³/mol. The number of nitrogens with zero attached hydrogens (tertiary/aromatic N) is 3. The fourth-order valence-electron chi connectivity index (χ4n) is 3.00. The Morgan fingerprint density at radius 2 is 1.97 bits per heavy atom. The van der Waals surface area contributed by atoms with Crippen molar-refractivity contribution in [3.63, 3.8) is 0 Å². The fourth-order valence-corrected chi connectivity index (χ4v) is 3.00. The minimum Gasteiger partial charge on any atom is -0.465 e. The van der Waals surface area contributed by atoms with Crippen LogP contribution in [0.2, 0.25) is 0 Å². The molecule has 4 N–H and O–H groups in total. The van der Waals surface area contributed by atoms with Crippen LogP contribution in [0.25, 0.3) is 0 Å². The number of amides is 2. The summed E-state index contributed by atoms with van der Waals surface area (Å²) in [6.07, 6.45) is -3.65. The van der Waals surface area contributed by atoms with E-state index >= 15 is 0 Å².